The maximum Gasteiger partial charge on any atom is 0.437 e. The van der Waals surface area contributed by atoms with E-state index in [-0.39, 0.29) is 49.7 Å². The van der Waals surface area contributed by atoms with Crippen LogP contribution in [-0.4, -0.2) is 89.3 Å². The first-order valence-corrected chi connectivity index (χ1v) is 21.2. The molecule has 58 heavy (non-hydrogen) atoms. The van der Waals surface area contributed by atoms with Crippen LogP contribution < -0.4 is 24.8 Å². The fourth-order valence-electron chi connectivity index (χ4n) is 8.28. The van der Waals surface area contributed by atoms with Crippen molar-refractivity contribution in [2.24, 2.45) is 5.92 Å². The van der Waals surface area contributed by atoms with E-state index in [1.165, 1.54) is 31.1 Å². The van der Waals surface area contributed by atoms with Crippen molar-refractivity contribution in [2.75, 3.05) is 13.7 Å². The molecule has 1 aromatic heterocycles. The summed E-state index contributed by atoms with van der Waals surface area (Å²) >= 11 is 0. The normalized spacial score (nSPS) is 29.0. The number of methoxy groups -OCH3 is 1. The SMILES string of the molecule is COc1ccc2nc(C(F)(F)F)c3c(c2c1)CC[C@]1(C[C@H]2C(=O)N[C@]4(C(=O)NS(=O)(=O)C5(C)CC5)C[C@H]4/C=C/CCCCCC(NC(=O)OC(C)(C)C)C(=O)N2C1)O3. The molecule has 2 aliphatic carbocycles. The van der Waals surface area contributed by atoms with Gasteiger partial charge in [0.15, 0.2) is 11.4 Å². The Labute approximate surface area is 335 Å². The lowest BCUT2D eigenvalue weighted by molar-refractivity contribution is -0.144. The Balaban J connectivity index is 1.27. The first kappa shape index (κ1) is 41.5. The van der Waals surface area contributed by atoms with E-state index in [9.17, 15) is 40.8 Å². The summed E-state index contributed by atoms with van der Waals surface area (Å²) in [4.78, 5) is 61.5. The highest BCUT2D eigenvalue weighted by Crippen LogP contribution is 2.50. The van der Waals surface area contributed by atoms with Crippen molar-refractivity contribution in [3.8, 4) is 11.5 Å². The van der Waals surface area contributed by atoms with Crippen molar-refractivity contribution < 1.29 is 55.0 Å². The van der Waals surface area contributed by atoms with Crippen LogP contribution in [0.5, 0.6) is 11.5 Å². The molecule has 1 unspecified atom stereocenters. The number of alkyl halides is 3. The summed E-state index contributed by atoms with van der Waals surface area (Å²) in [7, 11) is -2.66. The first-order valence-electron chi connectivity index (χ1n) is 19.7. The van der Waals surface area contributed by atoms with E-state index in [0.717, 1.165) is 0 Å². The number of alkyl carbamates (subject to hydrolysis) is 1. The van der Waals surface area contributed by atoms with E-state index in [0.29, 0.717) is 49.7 Å². The number of hydrogen-bond acceptors (Lipinski definition) is 10. The van der Waals surface area contributed by atoms with Gasteiger partial charge in [0.05, 0.1) is 23.9 Å². The molecular weight excluding hydrogens is 784 g/mol. The Morgan fingerprint density at radius 1 is 1.07 bits per heavy atom. The van der Waals surface area contributed by atoms with Crippen LogP contribution in [0.2, 0.25) is 0 Å². The van der Waals surface area contributed by atoms with Crippen molar-refractivity contribution in [2.45, 2.75) is 138 Å². The maximum absolute atomic E-state index is 14.7. The first-order chi connectivity index (χ1) is 27.1. The fourth-order valence-corrected chi connectivity index (χ4v) is 9.59. The number of allylic oxidation sites excluding steroid dienone is 1. The van der Waals surface area contributed by atoms with Crippen molar-refractivity contribution >= 4 is 44.7 Å². The molecule has 3 fully saturated rings. The second kappa shape index (κ2) is 14.6. The number of nitrogens with zero attached hydrogens (tertiary/aromatic N) is 2. The molecule has 1 saturated heterocycles. The number of amides is 4. The lowest BCUT2D eigenvalue weighted by Gasteiger charge is -2.37. The molecule has 5 atom stereocenters. The number of halogens is 3. The van der Waals surface area contributed by atoms with Gasteiger partial charge >= 0.3 is 12.3 Å². The van der Waals surface area contributed by atoms with Gasteiger partial charge < -0.3 is 29.7 Å². The van der Waals surface area contributed by atoms with Gasteiger partial charge in [-0.15, -0.1) is 0 Å². The molecule has 1 aromatic carbocycles. The smallest absolute Gasteiger partial charge is 0.437 e. The number of carbonyl (C=O) groups excluding carboxylic acids is 4. The zero-order valence-electron chi connectivity index (χ0n) is 33.2. The van der Waals surface area contributed by atoms with Crippen LogP contribution >= 0.6 is 0 Å². The Hall–Kier alpha value is -4.61. The van der Waals surface area contributed by atoms with E-state index in [2.05, 4.69) is 20.3 Å². The second-order valence-corrected chi connectivity index (χ2v) is 19.7. The summed E-state index contributed by atoms with van der Waals surface area (Å²) in [5.74, 6) is -3.08. The van der Waals surface area contributed by atoms with Crippen LogP contribution in [0.3, 0.4) is 0 Å². The van der Waals surface area contributed by atoms with E-state index in [4.69, 9.17) is 14.2 Å². The molecule has 0 radical (unpaired) electrons. The molecule has 18 heteroatoms. The zero-order chi connectivity index (χ0) is 42.1. The highest BCUT2D eigenvalue weighted by Gasteiger charge is 2.64. The van der Waals surface area contributed by atoms with E-state index < -0.39 is 90.9 Å². The third-order valence-electron chi connectivity index (χ3n) is 12.0. The largest absolute Gasteiger partial charge is 0.497 e. The van der Waals surface area contributed by atoms with E-state index in [1.54, 1.807) is 32.9 Å². The minimum absolute atomic E-state index is 0.0659. The molecule has 3 N–H and O–H groups in total. The minimum Gasteiger partial charge on any atom is -0.497 e. The van der Waals surface area contributed by atoms with Gasteiger partial charge in [0.1, 0.15) is 34.6 Å². The predicted molar refractivity (Wildman–Crippen MR) is 204 cm³/mol. The quantitative estimate of drug-likeness (QED) is 0.338. The average Bonchev–Trinajstić information content (AvgIpc) is 4.03. The maximum atomic E-state index is 14.7. The number of nitrogens with one attached hydrogen (secondary N) is 3. The minimum atomic E-state index is -4.93. The molecule has 7 rings (SSSR count). The number of aromatic nitrogens is 1. The van der Waals surface area contributed by atoms with Crippen molar-refractivity contribution in [1.82, 2.24) is 25.2 Å². The van der Waals surface area contributed by atoms with Crippen molar-refractivity contribution in [3.63, 3.8) is 0 Å². The number of fused-ring (bicyclic) bond motifs is 5. The Morgan fingerprint density at radius 3 is 2.48 bits per heavy atom. The van der Waals surface area contributed by atoms with Crippen LogP contribution in [0.25, 0.3) is 10.9 Å². The summed E-state index contributed by atoms with van der Waals surface area (Å²) in [6.45, 7) is 6.19. The van der Waals surface area contributed by atoms with Crippen LogP contribution in [0.15, 0.2) is 30.4 Å². The summed E-state index contributed by atoms with van der Waals surface area (Å²) in [6, 6.07) is 1.95. The Morgan fingerprint density at radius 2 is 1.81 bits per heavy atom. The number of pyridine rings is 1. The topological polar surface area (TPSA) is 182 Å². The molecule has 14 nitrogen and oxygen atoms in total. The standard InChI is InChI=1S/C40H50F3N5O9S/c1-36(2,3)57-35(52)45-28-12-10-8-6-7-9-11-23-20-39(23,34(51)47-58(53,54)37(4)17-18-37)46-32(49)29-21-38(22-48(29)33(28)50)16-15-25-26-19-24(55-5)13-14-27(26)44-31(30(25)56-38)40(41,42)43/h9,11,13-14,19,23,28-29H,6-8,10,12,15-18,20-22H2,1-5H3,(H,45,52)(H,46,49)(H,47,51)/b11-9+/t23-,28?,29+,38-,39-/m1/s1. The van der Waals surface area contributed by atoms with Crippen molar-refractivity contribution in [1.29, 1.82) is 0 Å². The molecular formula is C40H50F3N5O9S. The molecule has 3 aliphatic heterocycles. The van der Waals surface area contributed by atoms with Crippen LogP contribution in [-0.2, 0) is 41.7 Å². The number of hydrogen-bond donors (Lipinski definition) is 3. The summed E-state index contributed by atoms with van der Waals surface area (Å²) in [6.07, 6.45) is 1.23. The second-order valence-electron chi connectivity index (χ2n) is 17.5. The van der Waals surface area contributed by atoms with Crippen LogP contribution in [0, 0.1) is 5.92 Å². The van der Waals surface area contributed by atoms with Gasteiger partial charge in [0, 0.05) is 23.3 Å². The van der Waals surface area contributed by atoms with Gasteiger partial charge in [-0.05, 0) is 97.3 Å². The molecule has 0 bridgehead atoms. The number of sulfonamides is 1. The summed E-state index contributed by atoms with van der Waals surface area (Å²) < 4.78 is 88.9. The third kappa shape index (κ3) is 8.04. The highest BCUT2D eigenvalue weighted by molar-refractivity contribution is 7.91. The Kier molecular flexibility index (Phi) is 10.4. The van der Waals surface area contributed by atoms with Crippen molar-refractivity contribution in [3.05, 3.63) is 41.6 Å². The number of aryl methyl sites for hydroxylation is 1. The summed E-state index contributed by atoms with van der Waals surface area (Å²) in [5.41, 5.74) is -5.01. The number of carbonyl (C=O) groups is 4. The molecule has 4 amide bonds. The fraction of sp³-hybridized carbons (Fsp3) is 0.625. The zero-order valence-corrected chi connectivity index (χ0v) is 34.0. The lowest BCUT2D eigenvalue weighted by atomic mass is 9.87. The van der Waals surface area contributed by atoms with E-state index >= 15 is 0 Å². The highest BCUT2D eigenvalue weighted by atomic mass is 32.2. The number of rotatable bonds is 5. The van der Waals surface area contributed by atoms with Crippen LogP contribution in [0.1, 0.15) is 103 Å². The average molecular weight is 834 g/mol. The van der Waals surface area contributed by atoms with Gasteiger partial charge in [0.2, 0.25) is 21.8 Å². The molecule has 5 aliphatic rings. The van der Waals surface area contributed by atoms with Gasteiger partial charge in [-0.1, -0.05) is 25.0 Å². The van der Waals surface area contributed by atoms with Gasteiger partial charge in [0.25, 0.3) is 5.91 Å². The molecule has 1 spiro atoms. The summed E-state index contributed by atoms with van der Waals surface area (Å²) in [5, 5.41) is 5.85. The van der Waals surface area contributed by atoms with Gasteiger partial charge in [-0.3, -0.25) is 19.1 Å². The molecule has 316 valence electrons. The monoisotopic (exact) mass is 833 g/mol. The van der Waals surface area contributed by atoms with E-state index in [1.807, 2.05) is 6.08 Å². The Bertz CT molecular complexity index is 2170. The molecule has 4 heterocycles. The van der Waals surface area contributed by atoms with Crippen LogP contribution in [0.4, 0.5) is 18.0 Å². The predicted octanol–water partition coefficient (Wildman–Crippen LogP) is 5.21. The molecule has 2 aromatic rings. The third-order valence-corrected chi connectivity index (χ3v) is 14.1. The van der Waals surface area contributed by atoms with Gasteiger partial charge in [-0.2, -0.15) is 13.2 Å². The number of ether oxygens (including phenoxy) is 3. The molecule has 2 saturated carbocycles. The lowest BCUT2D eigenvalue weighted by Crippen LogP contribution is -2.58. The number of benzene rings is 1. The van der Waals surface area contributed by atoms with Gasteiger partial charge in [-0.25, -0.2) is 18.2 Å².